The van der Waals surface area contributed by atoms with Gasteiger partial charge in [0.25, 0.3) is 0 Å². The van der Waals surface area contributed by atoms with Crippen LogP contribution in [0.25, 0.3) is 0 Å². The number of nitrogens with zero attached hydrogens (tertiary/aromatic N) is 2. The van der Waals surface area contributed by atoms with Gasteiger partial charge in [0.05, 0.1) is 11.5 Å². The second-order valence-corrected chi connectivity index (χ2v) is 8.34. The molecular weight excluding hydrogens is 319 g/mol. The molecule has 0 spiro atoms. The van der Waals surface area contributed by atoms with Crippen LogP contribution in [0.4, 0.5) is 4.39 Å². The summed E-state index contributed by atoms with van der Waals surface area (Å²) < 4.78 is 45.7. The van der Waals surface area contributed by atoms with Gasteiger partial charge in [-0.3, -0.25) is 0 Å². The lowest BCUT2D eigenvalue weighted by molar-refractivity contribution is 0.143. The summed E-state index contributed by atoms with van der Waals surface area (Å²) in [6, 6.07) is 3.96. The van der Waals surface area contributed by atoms with Gasteiger partial charge in [-0.2, -0.15) is 4.31 Å². The predicted molar refractivity (Wildman–Crippen MR) is 85.3 cm³/mol. The summed E-state index contributed by atoms with van der Waals surface area (Å²) in [4.78, 5) is 2.34. The van der Waals surface area contributed by atoms with Crippen molar-refractivity contribution in [3.8, 4) is 0 Å². The first-order valence-electron chi connectivity index (χ1n) is 8.02. The molecular formula is C16H23FN2O3S. The first-order valence-corrected chi connectivity index (χ1v) is 9.46. The van der Waals surface area contributed by atoms with E-state index in [0.717, 1.165) is 32.2 Å². The fraction of sp³-hybridized carbons (Fsp3) is 0.625. The molecule has 0 saturated carbocycles. The maximum absolute atomic E-state index is 13.5. The van der Waals surface area contributed by atoms with Gasteiger partial charge in [0.1, 0.15) is 5.82 Å². The first-order chi connectivity index (χ1) is 10.9. The summed E-state index contributed by atoms with van der Waals surface area (Å²) in [7, 11) is -3.62. The molecule has 2 aliphatic rings. The van der Waals surface area contributed by atoms with Gasteiger partial charge in [0.2, 0.25) is 10.0 Å². The summed E-state index contributed by atoms with van der Waals surface area (Å²) in [5.74, 6) is 0.0486. The third-order valence-electron chi connectivity index (χ3n) is 4.53. The van der Waals surface area contributed by atoms with Crippen molar-refractivity contribution in [1.29, 1.82) is 0 Å². The van der Waals surface area contributed by atoms with Gasteiger partial charge in [0.15, 0.2) is 0 Å². The second kappa shape index (κ2) is 6.84. The molecule has 3 rings (SSSR count). The predicted octanol–water partition coefficient (Wildman–Crippen LogP) is 1.48. The molecule has 7 heteroatoms. The summed E-state index contributed by atoms with van der Waals surface area (Å²) in [6.07, 6.45) is 1.08. The Labute approximate surface area is 137 Å². The van der Waals surface area contributed by atoms with Gasteiger partial charge in [-0.1, -0.05) is 0 Å². The Hall–Kier alpha value is -1.02. The molecule has 2 aliphatic heterocycles. The van der Waals surface area contributed by atoms with Gasteiger partial charge in [0, 0.05) is 39.3 Å². The van der Waals surface area contributed by atoms with E-state index in [2.05, 4.69) is 4.90 Å². The highest BCUT2D eigenvalue weighted by Gasteiger charge is 2.30. The summed E-state index contributed by atoms with van der Waals surface area (Å²) in [5, 5.41) is 0. The number of aryl methyl sites for hydroxylation is 1. The van der Waals surface area contributed by atoms with Crippen LogP contribution >= 0.6 is 0 Å². The largest absolute Gasteiger partial charge is 0.381 e. The molecule has 2 saturated heterocycles. The summed E-state index contributed by atoms with van der Waals surface area (Å²) >= 11 is 0. The number of halogens is 1. The van der Waals surface area contributed by atoms with Gasteiger partial charge < -0.3 is 9.64 Å². The van der Waals surface area contributed by atoms with E-state index in [9.17, 15) is 12.8 Å². The average Bonchev–Trinajstić information content (AvgIpc) is 3.00. The van der Waals surface area contributed by atoms with Crippen LogP contribution in [0.1, 0.15) is 12.0 Å². The molecule has 0 bridgehead atoms. The highest BCUT2D eigenvalue weighted by molar-refractivity contribution is 7.89. The van der Waals surface area contributed by atoms with Crippen LogP contribution in [-0.2, 0) is 14.8 Å². The van der Waals surface area contributed by atoms with Crippen molar-refractivity contribution in [2.24, 2.45) is 5.92 Å². The molecule has 1 aromatic carbocycles. The van der Waals surface area contributed by atoms with E-state index in [1.165, 1.54) is 16.4 Å². The summed E-state index contributed by atoms with van der Waals surface area (Å²) in [6.45, 7) is 6.63. The molecule has 0 N–H and O–H groups in total. The number of benzene rings is 1. The Morgan fingerprint density at radius 2 is 1.96 bits per heavy atom. The Morgan fingerprint density at radius 1 is 1.22 bits per heavy atom. The molecule has 1 atom stereocenters. The number of hydrogen-bond donors (Lipinski definition) is 0. The lowest BCUT2D eigenvalue weighted by Crippen LogP contribution is -2.49. The minimum atomic E-state index is -3.62. The zero-order valence-corrected chi connectivity index (χ0v) is 14.2. The lowest BCUT2D eigenvalue weighted by Gasteiger charge is -2.35. The molecule has 1 unspecified atom stereocenters. The van der Waals surface area contributed by atoms with Crippen molar-refractivity contribution in [2.45, 2.75) is 18.2 Å². The lowest BCUT2D eigenvalue weighted by atomic mass is 10.1. The van der Waals surface area contributed by atoms with E-state index in [1.807, 2.05) is 0 Å². The van der Waals surface area contributed by atoms with Crippen molar-refractivity contribution in [2.75, 3.05) is 45.9 Å². The highest BCUT2D eigenvalue weighted by atomic mass is 32.2. The van der Waals surface area contributed by atoms with Crippen molar-refractivity contribution < 1.29 is 17.5 Å². The Balaban J connectivity index is 1.63. The van der Waals surface area contributed by atoms with E-state index >= 15 is 0 Å². The first kappa shape index (κ1) is 16.8. The SMILES string of the molecule is Cc1cc(F)cc(S(=O)(=O)N2CCN(CC3CCOC3)CC2)c1. The van der Waals surface area contributed by atoms with Crippen molar-refractivity contribution in [1.82, 2.24) is 9.21 Å². The van der Waals surface area contributed by atoms with E-state index in [1.54, 1.807) is 6.92 Å². The molecule has 128 valence electrons. The fourth-order valence-electron chi connectivity index (χ4n) is 3.25. The minimum Gasteiger partial charge on any atom is -0.381 e. The number of ether oxygens (including phenoxy) is 1. The van der Waals surface area contributed by atoms with Gasteiger partial charge in [-0.15, -0.1) is 0 Å². The van der Waals surface area contributed by atoms with Crippen LogP contribution in [0.5, 0.6) is 0 Å². The van der Waals surface area contributed by atoms with Crippen LogP contribution < -0.4 is 0 Å². The molecule has 0 aliphatic carbocycles. The Bertz CT molecular complexity index is 631. The minimum absolute atomic E-state index is 0.0487. The topological polar surface area (TPSA) is 49.9 Å². The van der Waals surface area contributed by atoms with Gasteiger partial charge >= 0.3 is 0 Å². The van der Waals surface area contributed by atoms with Crippen molar-refractivity contribution >= 4 is 10.0 Å². The summed E-state index contributed by atoms with van der Waals surface area (Å²) in [5.41, 5.74) is 0.614. The fourth-order valence-corrected chi connectivity index (χ4v) is 4.78. The van der Waals surface area contributed by atoms with E-state index < -0.39 is 15.8 Å². The third kappa shape index (κ3) is 3.91. The van der Waals surface area contributed by atoms with Crippen LogP contribution in [0, 0.1) is 18.7 Å². The molecule has 1 aromatic rings. The molecule has 0 amide bonds. The zero-order valence-electron chi connectivity index (χ0n) is 13.4. The monoisotopic (exact) mass is 342 g/mol. The smallest absolute Gasteiger partial charge is 0.243 e. The number of hydrogen-bond acceptors (Lipinski definition) is 4. The van der Waals surface area contributed by atoms with Crippen LogP contribution in [0.2, 0.25) is 0 Å². The maximum atomic E-state index is 13.5. The zero-order chi connectivity index (χ0) is 16.4. The molecule has 2 heterocycles. The highest BCUT2D eigenvalue weighted by Crippen LogP contribution is 2.21. The standard InChI is InChI=1S/C16H23FN2O3S/c1-13-8-15(17)10-16(9-13)23(20,21)19-5-3-18(4-6-19)11-14-2-7-22-12-14/h8-10,14H,2-7,11-12H2,1H3. The van der Waals surface area contributed by atoms with Crippen LogP contribution in [0.15, 0.2) is 23.1 Å². The van der Waals surface area contributed by atoms with Crippen molar-refractivity contribution in [3.05, 3.63) is 29.6 Å². The average molecular weight is 342 g/mol. The third-order valence-corrected chi connectivity index (χ3v) is 6.40. The second-order valence-electron chi connectivity index (χ2n) is 6.40. The molecule has 0 aromatic heterocycles. The number of piperazine rings is 1. The Morgan fingerprint density at radius 3 is 2.57 bits per heavy atom. The van der Waals surface area contributed by atoms with E-state index in [4.69, 9.17) is 4.74 Å². The number of sulfonamides is 1. The van der Waals surface area contributed by atoms with Gasteiger partial charge in [-0.25, -0.2) is 12.8 Å². The molecule has 0 radical (unpaired) electrons. The quantitative estimate of drug-likeness (QED) is 0.832. The van der Waals surface area contributed by atoms with Crippen LogP contribution in [-0.4, -0.2) is 63.6 Å². The molecule has 23 heavy (non-hydrogen) atoms. The van der Waals surface area contributed by atoms with E-state index in [-0.39, 0.29) is 4.90 Å². The van der Waals surface area contributed by atoms with E-state index in [0.29, 0.717) is 37.7 Å². The normalized spacial score (nSPS) is 24.2. The molecule has 2 fully saturated rings. The number of rotatable bonds is 4. The van der Waals surface area contributed by atoms with Crippen molar-refractivity contribution in [3.63, 3.8) is 0 Å². The van der Waals surface area contributed by atoms with Crippen LogP contribution in [0.3, 0.4) is 0 Å². The van der Waals surface area contributed by atoms with Gasteiger partial charge in [-0.05, 0) is 43.0 Å². The Kier molecular flexibility index (Phi) is 5.01. The maximum Gasteiger partial charge on any atom is 0.243 e. The molecule has 5 nitrogen and oxygen atoms in total.